The minimum atomic E-state index is -0.241. The second-order valence-electron chi connectivity index (χ2n) is 5.22. The molecule has 0 aliphatic heterocycles. The normalized spacial score (nSPS) is 14.7. The van der Waals surface area contributed by atoms with Gasteiger partial charge in [0.25, 0.3) is 0 Å². The fourth-order valence-corrected chi connectivity index (χ4v) is 2.43. The Morgan fingerprint density at radius 3 is 3.05 bits per heavy atom. The van der Waals surface area contributed by atoms with Crippen LogP contribution in [0.15, 0.2) is 28.9 Å². The van der Waals surface area contributed by atoms with Crippen molar-refractivity contribution in [2.24, 2.45) is 5.92 Å². The van der Waals surface area contributed by atoms with E-state index >= 15 is 0 Å². The van der Waals surface area contributed by atoms with Gasteiger partial charge in [0.15, 0.2) is 0 Å². The van der Waals surface area contributed by atoms with Crippen molar-refractivity contribution in [1.29, 1.82) is 0 Å². The minimum absolute atomic E-state index is 0.241. The van der Waals surface area contributed by atoms with Gasteiger partial charge in [0, 0.05) is 11.0 Å². The van der Waals surface area contributed by atoms with E-state index in [4.69, 9.17) is 0 Å². The Morgan fingerprint density at radius 2 is 2.25 bits per heavy atom. The molecular weight excluding hydrogens is 323 g/mol. The molecule has 4 nitrogen and oxygen atoms in total. The molecule has 1 aliphatic carbocycles. The van der Waals surface area contributed by atoms with Crippen LogP contribution in [0, 0.1) is 11.7 Å². The van der Waals surface area contributed by atoms with Gasteiger partial charge in [0.2, 0.25) is 0 Å². The Kier molecular flexibility index (Phi) is 4.12. The first-order chi connectivity index (χ1) is 9.70. The van der Waals surface area contributed by atoms with Crippen LogP contribution in [0.4, 0.5) is 4.39 Å². The summed E-state index contributed by atoms with van der Waals surface area (Å²) in [7, 11) is 0. The van der Waals surface area contributed by atoms with Crippen molar-refractivity contribution in [3.8, 4) is 0 Å². The first-order valence-electron chi connectivity index (χ1n) is 6.74. The predicted octanol–water partition coefficient (Wildman–Crippen LogP) is 2.73. The number of benzene rings is 1. The summed E-state index contributed by atoms with van der Waals surface area (Å²) in [5.74, 6) is 0.614. The molecule has 3 rings (SSSR count). The summed E-state index contributed by atoms with van der Waals surface area (Å²) in [5, 5.41) is 11.6. The molecule has 0 unspecified atom stereocenters. The van der Waals surface area contributed by atoms with Crippen LogP contribution in [-0.2, 0) is 13.1 Å². The second-order valence-corrected chi connectivity index (χ2v) is 6.07. The van der Waals surface area contributed by atoms with Crippen molar-refractivity contribution >= 4 is 15.9 Å². The largest absolute Gasteiger partial charge is 0.311 e. The Hall–Kier alpha value is -1.27. The van der Waals surface area contributed by atoms with Gasteiger partial charge in [0.1, 0.15) is 5.82 Å². The van der Waals surface area contributed by atoms with E-state index < -0.39 is 0 Å². The summed E-state index contributed by atoms with van der Waals surface area (Å²) < 4.78 is 15.8. The van der Waals surface area contributed by atoms with Gasteiger partial charge in [-0.05, 0) is 49.1 Å². The monoisotopic (exact) mass is 338 g/mol. The summed E-state index contributed by atoms with van der Waals surface area (Å²) in [5.41, 5.74) is 1.77. The zero-order chi connectivity index (χ0) is 13.9. The minimum Gasteiger partial charge on any atom is -0.311 e. The van der Waals surface area contributed by atoms with Gasteiger partial charge in [0.05, 0.1) is 18.4 Å². The lowest BCUT2D eigenvalue weighted by Gasteiger charge is -2.04. The molecule has 2 aromatic rings. The highest BCUT2D eigenvalue weighted by Gasteiger charge is 2.20. The van der Waals surface area contributed by atoms with Crippen molar-refractivity contribution in [2.45, 2.75) is 25.9 Å². The summed E-state index contributed by atoms with van der Waals surface area (Å²) in [4.78, 5) is 0. The van der Waals surface area contributed by atoms with Gasteiger partial charge in [-0.3, -0.25) is 0 Å². The zero-order valence-corrected chi connectivity index (χ0v) is 12.6. The third kappa shape index (κ3) is 3.64. The average molecular weight is 339 g/mol. The highest BCUT2D eigenvalue weighted by Crippen LogP contribution is 2.27. The van der Waals surface area contributed by atoms with Crippen LogP contribution < -0.4 is 5.32 Å². The maximum atomic E-state index is 13.2. The third-order valence-electron chi connectivity index (χ3n) is 3.36. The van der Waals surface area contributed by atoms with Gasteiger partial charge < -0.3 is 5.32 Å². The highest BCUT2D eigenvalue weighted by molar-refractivity contribution is 9.10. The SMILES string of the molecule is Fc1ccc(Br)c(Cn2cc(CNCC3CC3)nn2)c1. The summed E-state index contributed by atoms with van der Waals surface area (Å²) in [6, 6.07) is 4.65. The van der Waals surface area contributed by atoms with Crippen molar-refractivity contribution in [3.63, 3.8) is 0 Å². The molecule has 1 heterocycles. The van der Waals surface area contributed by atoms with E-state index in [0.717, 1.165) is 34.7 Å². The average Bonchev–Trinajstić information content (AvgIpc) is 3.14. The summed E-state index contributed by atoms with van der Waals surface area (Å²) >= 11 is 3.42. The van der Waals surface area contributed by atoms with Crippen molar-refractivity contribution < 1.29 is 4.39 Å². The summed E-state index contributed by atoms with van der Waals surface area (Å²) in [6.45, 7) is 2.30. The van der Waals surface area contributed by atoms with Gasteiger partial charge in [-0.2, -0.15) is 0 Å². The molecule has 1 aliphatic rings. The predicted molar refractivity (Wildman–Crippen MR) is 77.7 cm³/mol. The molecular formula is C14H16BrFN4. The highest BCUT2D eigenvalue weighted by atomic mass is 79.9. The first-order valence-corrected chi connectivity index (χ1v) is 7.53. The van der Waals surface area contributed by atoms with E-state index in [1.54, 1.807) is 10.7 Å². The van der Waals surface area contributed by atoms with Gasteiger partial charge in [-0.25, -0.2) is 9.07 Å². The zero-order valence-electron chi connectivity index (χ0n) is 11.0. The molecule has 1 saturated carbocycles. The van der Waals surface area contributed by atoms with E-state index in [0.29, 0.717) is 6.54 Å². The van der Waals surface area contributed by atoms with E-state index in [2.05, 4.69) is 31.6 Å². The molecule has 0 radical (unpaired) electrons. The molecule has 0 atom stereocenters. The molecule has 0 saturated heterocycles. The maximum Gasteiger partial charge on any atom is 0.123 e. The quantitative estimate of drug-likeness (QED) is 0.880. The smallest absolute Gasteiger partial charge is 0.123 e. The van der Waals surface area contributed by atoms with Crippen LogP contribution in [0.25, 0.3) is 0 Å². The summed E-state index contributed by atoms with van der Waals surface area (Å²) in [6.07, 6.45) is 4.58. The lowest BCUT2D eigenvalue weighted by molar-refractivity contribution is 0.612. The number of aromatic nitrogens is 3. The van der Waals surface area contributed by atoms with Crippen LogP contribution in [0.3, 0.4) is 0 Å². The number of rotatable bonds is 6. The molecule has 0 spiro atoms. The van der Waals surface area contributed by atoms with Crippen LogP contribution in [0.2, 0.25) is 0 Å². The van der Waals surface area contributed by atoms with E-state index in [1.807, 2.05) is 6.20 Å². The van der Waals surface area contributed by atoms with Gasteiger partial charge in [-0.15, -0.1) is 5.10 Å². The molecule has 1 aromatic heterocycles. The number of nitrogens with one attached hydrogen (secondary N) is 1. The lowest BCUT2D eigenvalue weighted by Crippen LogP contribution is -2.16. The third-order valence-corrected chi connectivity index (χ3v) is 4.14. The molecule has 106 valence electrons. The first kappa shape index (κ1) is 13.7. The molecule has 1 N–H and O–H groups in total. The Bertz CT molecular complexity index is 595. The Morgan fingerprint density at radius 1 is 1.40 bits per heavy atom. The number of hydrogen-bond acceptors (Lipinski definition) is 3. The molecule has 1 fully saturated rings. The van der Waals surface area contributed by atoms with Crippen LogP contribution in [0.1, 0.15) is 24.1 Å². The standard InChI is InChI=1S/C14H16BrFN4/c15-14-4-3-12(16)5-11(14)8-20-9-13(18-19-20)7-17-6-10-1-2-10/h3-5,9-10,17H,1-2,6-8H2. The Balaban J connectivity index is 1.59. The van der Waals surface area contributed by atoms with Crippen LogP contribution in [-0.4, -0.2) is 21.5 Å². The Labute approximate surface area is 125 Å². The fourth-order valence-electron chi connectivity index (χ4n) is 2.06. The second kappa shape index (κ2) is 6.01. The molecule has 1 aromatic carbocycles. The van der Waals surface area contributed by atoms with Crippen molar-refractivity contribution in [3.05, 3.63) is 45.9 Å². The lowest BCUT2D eigenvalue weighted by atomic mass is 10.2. The number of nitrogens with zero attached hydrogens (tertiary/aromatic N) is 3. The fraction of sp³-hybridized carbons (Fsp3) is 0.429. The number of hydrogen-bond donors (Lipinski definition) is 1. The van der Waals surface area contributed by atoms with E-state index in [-0.39, 0.29) is 5.82 Å². The number of halogens is 2. The molecule has 20 heavy (non-hydrogen) atoms. The van der Waals surface area contributed by atoms with Crippen LogP contribution in [0.5, 0.6) is 0 Å². The maximum absolute atomic E-state index is 13.2. The van der Waals surface area contributed by atoms with Crippen LogP contribution >= 0.6 is 15.9 Å². The van der Waals surface area contributed by atoms with Crippen molar-refractivity contribution in [1.82, 2.24) is 20.3 Å². The molecule has 0 bridgehead atoms. The van der Waals surface area contributed by atoms with Crippen molar-refractivity contribution in [2.75, 3.05) is 6.54 Å². The topological polar surface area (TPSA) is 42.7 Å². The van der Waals surface area contributed by atoms with E-state index in [1.165, 1.54) is 25.0 Å². The molecule has 0 amide bonds. The van der Waals surface area contributed by atoms with E-state index in [9.17, 15) is 4.39 Å². The van der Waals surface area contributed by atoms with Gasteiger partial charge >= 0.3 is 0 Å². The van der Waals surface area contributed by atoms with Gasteiger partial charge in [-0.1, -0.05) is 21.1 Å². The molecule has 6 heteroatoms.